The lowest BCUT2D eigenvalue weighted by atomic mass is 9.72. The van der Waals surface area contributed by atoms with Crippen LogP contribution in [0.25, 0.3) is 0 Å². The second kappa shape index (κ2) is 32.0. The molecule has 0 saturated heterocycles. The largest absolute Gasteiger partial charge is 0.379 e. The van der Waals surface area contributed by atoms with E-state index in [1.165, 1.54) is 0 Å². The molecule has 0 aromatic rings. The van der Waals surface area contributed by atoms with Gasteiger partial charge in [0.15, 0.2) is 0 Å². The van der Waals surface area contributed by atoms with Crippen molar-refractivity contribution in [1.29, 1.82) is 0 Å². The van der Waals surface area contributed by atoms with E-state index in [2.05, 4.69) is 231 Å². The fourth-order valence-corrected chi connectivity index (χ4v) is 11.2. The standard InChI is InChI=1S/C67H138N2O8/c1-33-65(30,47-55(13)76-66(31,34-2)60(20,21)38-44-72-52(8)9)69(49-57(15)77-67(32,35-3)61(22,23)39-45-73-53(10)11)41-40-68(48-56(14)75-64(28,29)59(18,19)37-43-71-51(6)7)62(24,25)46-54(12)74-63(26,27)58(16,17)36-42-70-50(4)5/h50-57H,33-49H2,1-32H3. The molecule has 0 aromatic heterocycles. The molecule has 0 N–H and O–H groups in total. The van der Waals surface area contributed by atoms with Crippen LogP contribution < -0.4 is 0 Å². The Balaban J connectivity index is 7.60. The summed E-state index contributed by atoms with van der Waals surface area (Å²) in [7, 11) is 0. The van der Waals surface area contributed by atoms with Crippen LogP contribution in [0.4, 0.5) is 0 Å². The van der Waals surface area contributed by atoms with Crippen molar-refractivity contribution >= 4 is 0 Å². The Kier molecular flexibility index (Phi) is 31.9. The monoisotopic (exact) mass is 1100 g/mol. The molecule has 0 heterocycles. The molecule has 0 aliphatic carbocycles. The van der Waals surface area contributed by atoms with Crippen molar-refractivity contribution in [3.8, 4) is 0 Å². The summed E-state index contributed by atoms with van der Waals surface area (Å²) in [5.41, 5.74) is -2.29. The topological polar surface area (TPSA) is 80.3 Å². The van der Waals surface area contributed by atoms with Gasteiger partial charge in [-0.25, -0.2) is 0 Å². The molecular formula is C67H138N2O8. The lowest BCUT2D eigenvalue weighted by Crippen LogP contribution is -2.58. The molecule has 0 fully saturated rings. The van der Waals surface area contributed by atoms with Crippen molar-refractivity contribution in [2.75, 3.05) is 52.6 Å². The molecule has 0 aromatic carbocycles. The lowest BCUT2D eigenvalue weighted by molar-refractivity contribution is -0.172. The van der Waals surface area contributed by atoms with Crippen molar-refractivity contribution in [3.63, 3.8) is 0 Å². The minimum atomic E-state index is -0.396. The van der Waals surface area contributed by atoms with Crippen molar-refractivity contribution in [2.45, 2.75) is 362 Å². The molecule has 10 nitrogen and oxygen atoms in total. The van der Waals surface area contributed by atoms with Crippen molar-refractivity contribution in [3.05, 3.63) is 0 Å². The Labute approximate surface area is 481 Å². The highest BCUT2D eigenvalue weighted by molar-refractivity contribution is 4.98. The van der Waals surface area contributed by atoms with Gasteiger partial charge in [0, 0.05) is 63.7 Å². The first-order valence-corrected chi connectivity index (χ1v) is 31.4. The molecule has 0 saturated carbocycles. The van der Waals surface area contributed by atoms with Gasteiger partial charge in [-0.1, -0.05) is 76.2 Å². The maximum Gasteiger partial charge on any atom is 0.0707 e. The minimum absolute atomic E-state index is 0.00106. The Morgan fingerprint density at radius 2 is 0.610 bits per heavy atom. The molecule has 0 radical (unpaired) electrons. The van der Waals surface area contributed by atoms with E-state index < -0.39 is 5.60 Å². The summed E-state index contributed by atoms with van der Waals surface area (Å²) in [4.78, 5) is 5.49. The fourth-order valence-electron chi connectivity index (χ4n) is 11.2. The zero-order valence-corrected chi connectivity index (χ0v) is 57.8. The second-order valence-electron chi connectivity index (χ2n) is 30.1. The van der Waals surface area contributed by atoms with Gasteiger partial charge in [0.05, 0.1) is 71.2 Å². The van der Waals surface area contributed by atoms with Crippen LogP contribution in [0.15, 0.2) is 0 Å². The van der Waals surface area contributed by atoms with Crippen LogP contribution in [-0.4, -0.2) is 145 Å². The van der Waals surface area contributed by atoms with E-state index in [-0.39, 0.29) is 98.4 Å². The van der Waals surface area contributed by atoms with E-state index in [0.29, 0.717) is 6.61 Å². The third kappa shape index (κ3) is 25.2. The van der Waals surface area contributed by atoms with Crippen LogP contribution in [-0.2, 0) is 37.9 Å². The predicted molar refractivity (Wildman–Crippen MR) is 331 cm³/mol. The molecule has 464 valence electrons. The number of ether oxygens (including phenoxy) is 8. The van der Waals surface area contributed by atoms with Gasteiger partial charge in [-0.15, -0.1) is 0 Å². The molecule has 10 heteroatoms. The molecule has 0 bridgehead atoms. The van der Waals surface area contributed by atoms with Crippen LogP contribution >= 0.6 is 0 Å². The fraction of sp³-hybridized carbons (Fsp3) is 1.00. The summed E-state index contributed by atoms with van der Waals surface area (Å²) in [6, 6.07) is 0. The van der Waals surface area contributed by atoms with Crippen LogP contribution in [0.2, 0.25) is 0 Å². The SMILES string of the molecule is CCC(C)(CC(C)OC(C)(CC)C(C)(C)CCOC(C)C)N(CCN(CC(C)OC(C)(C)C(C)(C)CCOC(C)C)C(C)(C)CC(C)OC(C)(C)C(C)(C)CCOC(C)C)CC(C)OC(C)(CC)C(C)(C)CCOC(C)C. The van der Waals surface area contributed by atoms with E-state index >= 15 is 0 Å². The van der Waals surface area contributed by atoms with E-state index in [1.54, 1.807) is 0 Å². The van der Waals surface area contributed by atoms with Gasteiger partial charge < -0.3 is 37.9 Å². The van der Waals surface area contributed by atoms with Crippen LogP contribution in [0.5, 0.6) is 0 Å². The van der Waals surface area contributed by atoms with Crippen molar-refractivity contribution in [2.24, 2.45) is 21.7 Å². The Bertz CT molecular complexity index is 1590. The average molecular weight is 1100 g/mol. The Hall–Kier alpha value is -0.400. The first kappa shape index (κ1) is 76.6. The van der Waals surface area contributed by atoms with Crippen LogP contribution in [0.3, 0.4) is 0 Å². The van der Waals surface area contributed by atoms with E-state index in [9.17, 15) is 0 Å². The zero-order chi connectivity index (χ0) is 60.5. The Morgan fingerprint density at radius 3 is 0.948 bits per heavy atom. The summed E-state index contributed by atoms with van der Waals surface area (Å²) < 4.78 is 53.5. The lowest BCUT2D eigenvalue weighted by Gasteiger charge is -2.51. The van der Waals surface area contributed by atoms with Gasteiger partial charge in [0.1, 0.15) is 0 Å². The normalized spacial score (nSPS) is 18.2. The summed E-state index contributed by atoms with van der Waals surface area (Å²) >= 11 is 0. The molecular weight excluding hydrogens is 961 g/mol. The van der Waals surface area contributed by atoms with Gasteiger partial charge in [-0.3, -0.25) is 9.80 Å². The second-order valence-corrected chi connectivity index (χ2v) is 30.1. The Morgan fingerprint density at radius 1 is 0.325 bits per heavy atom. The minimum Gasteiger partial charge on any atom is -0.379 e. The van der Waals surface area contributed by atoms with Crippen molar-refractivity contribution in [1.82, 2.24) is 9.80 Å². The van der Waals surface area contributed by atoms with Crippen LogP contribution in [0, 0.1) is 21.7 Å². The highest BCUT2D eigenvalue weighted by Gasteiger charge is 2.47. The van der Waals surface area contributed by atoms with Gasteiger partial charge in [-0.05, 0) is 225 Å². The maximum absolute atomic E-state index is 7.40. The number of hydrogen-bond acceptors (Lipinski definition) is 10. The van der Waals surface area contributed by atoms with Gasteiger partial charge in [0.25, 0.3) is 0 Å². The molecule has 0 spiro atoms. The molecule has 77 heavy (non-hydrogen) atoms. The first-order valence-electron chi connectivity index (χ1n) is 31.4. The zero-order valence-electron chi connectivity index (χ0n) is 57.8. The third-order valence-electron chi connectivity index (χ3n) is 19.6. The quantitative estimate of drug-likeness (QED) is 0.0588. The van der Waals surface area contributed by atoms with Gasteiger partial charge in [0.2, 0.25) is 0 Å². The highest BCUT2D eigenvalue weighted by atomic mass is 16.5. The summed E-state index contributed by atoms with van der Waals surface area (Å²) in [6.07, 6.45) is 8.99. The molecule has 7 atom stereocenters. The van der Waals surface area contributed by atoms with E-state index in [4.69, 9.17) is 37.9 Å². The third-order valence-corrected chi connectivity index (χ3v) is 19.6. The predicted octanol–water partition coefficient (Wildman–Crippen LogP) is 17.2. The van der Waals surface area contributed by atoms with Gasteiger partial charge in [-0.2, -0.15) is 0 Å². The highest BCUT2D eigenvalue weighted by Crippen LogP contribution is 2.45. The number of nitrogens with zero attached hydrogens (tertiary/aromatic N) is 2. The van der Waals surface area contributed by atoms with Crippen LogP contribution in [0.1, 0.15) is 279 Å². The summed E-state index contributed by atoms with van der Waals surface area (Å²) in [5, 5.41) is 0. The molecule has 0 rings (SSSR count). The molecule has 0 aliphatic rings. The number of hydrogen-bond donors (Lipinski definition) is 0. The average Bonchev–Trinajstić information content (AvgIpc) is 3.25. The van der Waals surface area contributed by atoms with Crippen molar-refractivity contribution < 1.29 is 37.9 Å². The summed E-state index contributed by atoms with van der Waals surface area (Å²) in [5.74, 6) is 0. The molecule has 0 aliphatic heterocycles. The number of rotatable bonds is 44. The van der Waals surface area contributed by atoms with E-state index in [1.807, 2.05) is 0 Å². The maximum atomic E-state index is 7.40. The van der Waals surface area contributed by atoms with E-state index in [0.717, 1.165) is 104 Å². The first-order chi connectivity index (χ1) is 34.8. The molecule has 7 unspecified atom stereocenters. The molecule has 0 amide bonds. The van der Waals surface area contributed by atoms with Gasteiger partial charge >= 0.3 is 0 Å². The smallest absolute Gasteiger partial charge is 0.0707 e. The summed E-state index contributed by atoms with van der Waals surface area (Å²) in [6.45, 7) is 79.0.